The summed E-state index contributed by atoms with van der Waals surface area (Å²) in [7, 11) is 1.75. The van der Waals surface area contributed by atoms with Gasteiger partial charge in [0.15, 0.2) is 0 Å². The van der Waals surface area contributed by atoms with Gasteiger partial charge < -0.3 is 10.2 Å². The summed E-state index contributed by atoms with van der Waals surface area (Å²) >= 11 is 5.77. The maximum atomic E-state index is 13.2. The number of nitrogens with one attached hydrogen (secondary N) is 1. The molecule has 3 aromatic rings. The first-order chi connectivity index (χ1) is 13.0. The van der Waals surface area contributed by atoms with E-state index in [9.17, 15) is 9.18 Å². The smallest absolute Gasteiger partial charge is 0.272 e. The number of carbonyl (C=O) groups is 1. The average Bonchev–Trinajstić information content (AvgIpc) is 2.70. The number of rotatable bonds is 6. The molecule has 138 valence electrons. The van der Waals surface area contributed by atoms with Crippen molar-refractivity contribution in [3.63, 3.8) is 0 Å². The zero-order valence-corrected chi connectivity index (χ0v) is 15.4. The molecule has 0 atom stereocenters. The highest BCUT2D eigenvalue weighted by atomic mass is 35.5. The van der Waals surface area contributed by atoms with Crippen molar-refractivity contribution in [3.05, 3.63) is 83.2 Å². The number of aromatic nitrogens is 2. The van der Waals surface area contributed by atoms with E-state index in [1.165, 1.54) is 12.1 Å². The number of anilines is 2. The van der Waals surface area contributed by atoms with Crippen LogP contribution in [0, 0.1) is 5.82 Å². The number of pyridine rings is 2. The van der Waals surface area contributed by atoms with Crippen LogP contribution in [-0.2, 0) is 6.42 Å². The molecule has 0 spiro atoms. The fraction of sp³-hybridized carbons (Fsp3) is 0.150. The molecule has 1 aromatic carbocycles. The molecule has 0 fully saturated rings. The van der Waals surface area contributed by atoms with Gasteiger partial charge in [0.05, 0.1) is 16.9 Å². The monoisotopic (exact) mass is 384 g/mol. The highest BCUT2D eigenvalue weighted by Gasteiger charge is 2.13. The van der Waals surface area contributed by atoms with Crippen molar-refractivity contribution in [2.45, 2.75) is 6.42 Å². The minimum Gasteiger partial charge on any atom is -0.354 e. The Morgan fingerprint density at radius 2 is 1.89 bits per heavy atom. The SMILES string of the molecule is CN(CCc1ccncc1)C(=O)c1ccc(Nc2ccc(F)c(Cl)c2)cn1. The first kappa shape index (κ1) is 18.8. The lowest BCUT2D eigenvalue weighted by molar-refractivity contribution is 0.0791. The van der Waals surface area contributed by atoms with Crippen molar-refractivity contribution < 1.29 is 9.18 Å². The lowest BCUT2D eigenvalue weighted by atomic mass is 10.2. The van der Waals surface area contributed by atoms with Gasteiger partial charge in [-0.2, -0.15) is 0 Å². The van der Waals surface area contributed by atoms with Gasteiger partial charge >= 0.3 is 0 Å². The number of nitrogens with zero attached hydrogens (tertiary/aromatic N) is 3. The predicted molar refractivity (Wildman–Crippen MR) is 104 cm³/mol. The van der Waals surface area contributed by atoms with E-state index in [0.29, 0.717) is 23.6 Å². The Morgan fingerprint density at radius 3 is 2.56 bits per heavy atom. The Hall–Kier alpha value is -2.99. The number of halogens is 2. The predicted octanol–water partition coefficient (Wildman–Crippen LogP) is 4.33. The molecule has 5 nitrogen and oxygen atoms in total. The summed E-state index contributed by atoms with van der Waals surface area (Å²) < 4.78 is 13.2. The molecule has 0 aliphatic carbocycles. The molecule has 0 saturated heterocycles. The average molecular weight is 385 g/mol. The van der Waals surface area contributed by atoms with Crippen LogP contribution in [0.2, 0.25) is 5.02 Å². The molecule has 2 heterocycles. The number of hydrogen-bond donors (Lipinski definition) is 1. The van der Waals surface area contributed by atoms with Crippen LogP contribution in [-0.4, -0.2) is 34.4 Å². The zero-order valence-electron chi connectivity index (χ0n) is 14.7. The van der Waals surface area contributed by atoms with E-state index in [1.807, 2.05) is 12.1 Å². The molecule has 1 N–H and O–H groups in total. The van der Waals surface area contributed by atoms with Gasteiger partial charge in [-0.05, 0) is 54.4 Å². The summed E-state index contributed by atoms with van der Waals surface area (Å²) in [6, 6.07) is 11.6. The number of carbonyl (C=O) groups excluding carboxylic acids is 1. The summed E-state index contributed by atoms with van der Waals surface area (Å²) in [5.41, 5.74) is 2.79. The summed E-state index contributed by atoms with van der Waals surface area (Å²) in [6.07, 6.45) is 5.77. The summed E-state index contributed by atoms with van der Waals surface area (Å²) in [5.74, 6) is -0.628. The second kappa shape index (κ2) is 8.60. The molecule has 3 rings (SSSR count). The quantitative estimate of drug-likeness (QED) is 0.687. The minimum absolute atomic E-state index is 0.0376. The van der Waals surface area contributed by atoms with Gasteiger partial charge in [0, 0.05) is 31.7 Å². The number of amides is 1. The third-order valence-corrected chi connectivity index (χ3v) is 4.31. The van der Waals surface area contributed by atoms with Crippen molar-refractivity contribution in [2.75, 3.05) is 18.9 Å². The Balaban J connectivity index is 1.60. The lowest BCUT2D eigenvalue weighted by Gasteiger charge is -2.17. The van der Waals surface area contributed by atoms with Crippen molar-refractivity contribution in [2.24, 2.45) is 0 Å². The van der Waals surface area contributed by atoms with Gasteiger partial charge in [-0.25, -0.2) is 9.37 Å². The molecular formula is C20H18ClFN4O. The largest absolute Gasteiger partial charge is 0.354 e. The highest BCUT2D eigenvalue weighted by molar-refractivity contribution is 6.31. The second-order valence-electron chi connectivity index (χ2n) is 6.02. The third kappa shape index (κ3) is 5.01. The lowest BCUT2D eigenvalue weighted by Crippen LogP contribution is -2.29. The van der Waals surface area contributed by atoms with Gasteiger partial charge in [0.1, 0.15) is 11.5 Å². The normalized spacial score (nSPS) is 10.5. The highest BCUT2D eigenvalue weighted by Crippen LogP contribution is 2.22. The molecule has 0 bridgehead atoms. The number of benzene rings is 1. The summed E-state index contributed by atoms with van der Waals surface area (Å²) in [6.45, 7) is 0.582. The van der Waals surface area contributed by atoms with Crippen LogP contribution < -0.4 is 5.32 Å². The number of hydrogen-bond acceptors (Lipinski definition) is 4. The first-order valence-electron chi connectivity index (χ1n) is 8.35. The van der Waals surface area contributed by atoms with Crippen molar-refractivity contribution in [1.82, 2.24) is 14.9 Å². The second-order valence-corrected chi connectivity index (χ2v) is 6.43. The van der Waals surface area contributed by atoms with Crippen LogP contribution in [0.1, 0.15) is 16.1 Å². The van der Waals surface area contributed by atoms with Crippen LogP contribution in [0.25, 0.3) is 0 Å². The molecule has 27 heavy (non-hydrogen) atoms. The van der Waals surface area contributed by atoms with E-state index in [0.717, 1.165) is 12.0 Å². The number of likely N-dealkylation sites (N-methyl/N-ethyl adjacent to an activating group) is 1. The van der Waals surface area contributed by atoms with Gasteiger partial charge in [-0.1, -0.05) is 11.6 Å². The standard InChI is InChI=1S/C20H18ClFN4O/c1-26(11-8-14-6-9-23-10-7-14)20(27)19-5-3-16(13-24-19)25-15-2-4-18(22)17(21)12-15/h2-7,9-10,12-13,25H,8,11H2,1H3. The molecule has 1 amide bonds. The first-order valence-corrected chi connectivity index (χ1v) is 8.73. The summed E-state index contributed by atoms with van der Waals surface area (Å²) in [4.78, 5) is 22.3. The maximum absolute atomic E-state index is 13.2. The fourth-order valence-electron chi connectivity index (χ4n) is 2.48. The van der Waals surface area contributed by atoms with Crippen molar-refractivity contribution >= 4 is 28.9 Å². The molecule has 0 aliphatic heterocycles. The molecular weight excluding hydrogens is 367 g/mol. The van der Waals surface area contributed by atoms with E-state index in [2.05, 4.69) is 15.3 Å². The summed E-state index contributed by atoms with van der Waals surface area (Å²) in [5, 5.41) is 3.11. The molecule has 0 radical (unpaired) electrons. The van der Waals surface area contributed by atoms with E-state index in [-0.39, 0.29) is 10.9 Å². The molecule has 0 aliphatic rings. The van der Waals surface area contributed by atoms with E-state index in [1.54, 1.807) is 48.7 Å². The Kier molecular flexibility index (Phi) is 5.98. The van der Waals surface area contributed by atoms with E-state index >= 15 is 0 Å². The van der Waals surface area contributed by atoms with Crippen LogP contribution in [0.5, 0.6) is 0 Å². The Bertz CT molecular complexity index is 919. The van der Waals surface area contributed by atoms with Crippen LogP contribution in [0.15, 0.2) is 61.1 Å². The molecule has 0 saturated carbocycles. The Morgan fingerprint density at radius 1 is 1.15 bits per heavy atom. The Labute approximate surface area is 161 Å². The van der Waals surface area contributed by atoms with Gasteiger partial charge in [0.25, 0.3) is 5.91 Å². The van der Waals surface area contributed by atoms with Crippen LogP contribution >= 0.6 is 11.6 Å². The van der Waals surface area contributed by atoms with Crippen LogP contribution in [0.4, 0.5) is 15.8 Å². The van der Waals surface area contributed by atoms with E-state index < -0.39 is 5.82 Å². The van der Waals surface area contributed by atoms with Crippen molar-refractivity contribution in [3.8, 4) is 0 Å². The van der Waals surface area contributed by atoms with Gasteiger partial charge in [-0.3, -0.25) is 9.78 Å². The fourth-order valence-corrected chi connectivity index (χ4v) is 2.66. The van der Waals surface area contributed by atoms with Crippen molar-refractivity contribution in [1.29, 1.82) is 0 Å². The maximum Gasteiger partial charge on any atom is 0.272 e. The molecule has 0 unspecified atom stereocenters. The van der Waals surface area contributed by atoms with Gasteiger partial charge in [-0.15, -0.1) is 0 Å². The molecule has 7 heteroatoms. The molecule has 2 aromatic heterocycles. The minimum atomic E-state index is -0.476. The van der Waals surface area contributed by atoms with Gasteiger partial charge in [0.2, 0.25) is 0 Å². The van der Waals surface area contributed by atoms with Crippen LogP contribution in [0.3, 0.4) is 0 Å². The van der Waals surface area contributed by atoms with E-state index in [4.69, 9.17) is 11.6 Å². The zero-order chi connectivity index (χ0) is 19.2. The topological polar surface area (TPSA) is 58.1 Å². The third-order valence-electron chi connectivity index (χ3n) is 4.02.